The first-order chi connectivity index (χ1) is 9.54. The van der Waals surface area contributed by atoms with Gasteiger partial charge < -0.3 is 15.8 Å². The summed E-state index contributed by atoms with van der Waals surface area (Å²) >= 11 is 5.89. The van der Waals surface area contributed by atoms with Crippen molar-refractivity contribution >= 4 is 23.3 Å². The molecule has 0 aliphatic heterocycles. The van der Waals surface area contributed by atoms with E-state index in [2.05, 4.69) is 20.6 Å². The molecule has 9 heteroatoms. The van der Waals surface area contributed by atoms with Crippen LogP contribution in [0, 0.1) is 0 Å². The van der Waals surface area contributed by atoms with Crippen LogP contribution in [0.5, 0.6) is 0 Å². The van der Waals surface area contributed by atoms with Gasteiger partial charge in [0.1, 0.15) is 10.7 Å². The Labute approximate surface area is 120 Å². The smallest absolute Gasteiger partial charge is 0.271 e. The molecule has 108 valence electrons. The monoisotopic (exact) mass is 298 g/mol. The predicted molar refractivity (Wildman–Crippen MR) is 73.3 cm³/mol. The number of aromatic amines is 1. The van der Waals surface area contributed by atoms with Gasteiger partial charge in [0.15, 0.2) is 5.82 Å². The summed E-state index contributed by atoms with van der Waals surface area (Å²) in [6.45, 7) is 0.298. The lowest BCUT2D eigenvalue weighted by Gasteiger charge is -2.17. The molecule has 2 aromatic heterocycles. The van der Waals surface area contributed by atoms with E-state index in [1.807, 2.05) is 0 Å². The zero-order valence-electron chi connectivity index (χ0n) is 11.1. The van der Waals surface area contributed by atoms with Crippen LogP contribution in [-0.2, 0) is 11.8 Å². The lowest BCUT2D eigenvalue weighted by molar-refractivity contribution is 0.0887. The van der Waals surface area contributed by atoms with Crippen molar-refractivity contribution < 1.29 is 9.53 Å². The third-order valence-electron chi connectivity index (χ3n) is 2.81. The molecule has 0 fully saturated rings. The highest BCUT2D eigenvalue weighted by Gasteiger charge is 2.22. The molecule has 0 unspecified atom stereocenters. The van der Waals surface area contributed by atoms with Gasteiger partial charge in [-0.2, -0.15) is 10.2 Å². The Morgan fingerprint density at radius 2 is 2.45 bits per heavy atom. The zero-order valence-corrected chi connectivity index (χ0v) is 11.8. The number of hydrogen-bond acceptors (Lipinski definition) is 5. The fourth-order valence-electron chi connectivity index (χ4n) is 1.82. The number of carbonyl (C=O) groups is 1. The maximum atomic E-state index is 12.2. The highest BCUT2D eigenvalue weighted by atomic mass is 35.5. The molecule has 0 saturated carbocycles. The molecule has 0 radical (unpaired) electrons. The SMILES string of the molecule is COC[C@H](NC(=O)c1[nH]nc(N)c1Cl)c1ccnn1C. The second-order valence-corrected chi connectivity index (χ2v) is 4.54. The van der Waals surface area contributed by atoms with Gasteiger partial charge in [0.25, 0.3) is 5.91 Å². The topological polar surface area (TPSA) is 111 Å². The summed E-state index contributed by atoms with van der Waals surface area (Å²) in [6, 6.07) is 1.44. The van der Waals surface area contributed by atoms with Crippen molar-refractivity contribution in [3.8, 4) is 0 Å². The van der Waals surface area contributed by atoms with Gasteiger partial charge in [-0.1, -0.05) is 11.6 Å². The minimum absolute atomic E-state index is 0.0839. The predicted octanol–water partition coefficient (Wildman–Crippen LogP) is 0.496. The summed E-state index contributed by atoms with van der Waals surface area (Å²) in [7, 11) is 3.34. The number of ether oxygens (including phenoxy) is 1. The van der Waals surface area contributed by atoms with Gasteiger partial charge in [0.05, 0.1) is 18.3 Å². The molecular weight excluding hydrogens is 284 g/mol. The van der Waals surface area contributed by atoms with E-state index in [0.717, 1.165) is 5.69 Å². The Kier molecular flexibility index (Phi) is 4.26. The maximum absolute atomic E-state index is 12.2. The summed E-state index contributed by atoms with van der Waals surface area (Å²) in [5.41, 5.74) is 6.42. The van der Waals surface area contributed by atoms with Crippen molar-refractivity contribution in [1.29, 1.82) is 0 Å². The molecule has 2 heterocycles. The maximum Gasteiger partial charge on any atom is 0.271 e. The largest absolute Gasteiger partial charge is 0.382 e. The van der Waals surface area contributed by atoms with E-state index in [1.165, 1.54) is 0 Å². The number of amides is 1. The molecule has 2 rings (SSSR count). The first-order valence-corrected chi connectivity index (χ1v) is 6.19. The molecule has 1 atom stereocenters. The van der Waals surface area contributed by atoms with Crippen LogP contribution in [0.15, 0.2) is 12.3 Å². The minimum Gasteiger partial charge on any atom is -0.382 e. The summed E-state index contributed by atoms with van der Waals surface area (Å²) in [6.07, 6.45) is 1.64. The molecule has 20 heavy (non-hydrogen) atoms. The Morgan fingerprint density at radius 3 is 2.95 bits per heavy atom. The fourth-order valence-corrected chi connectivity index (χ4v) is 1.99. The third-order valence-corrected chi connectivity index (χ3v) is 3.20. The number of methoxy groups -OCH3 is 1. The number of H-pyrrole nitrogens is 1. The van der Waals surface area contributed by atoms with E-state index in [0.29, 0.717) is 6.61 Å². The minimum atomic E-state index is -0.414. The Bertz CT molecular complexity index is 608. The zero-order chi connectivity index (χ0) is 14.7. The summed E-state index contributed by atoms with van der Waals surface area (Å²) in [5, 5.41) is 13.1. The number of hydrogen-bond donors (Lipinski definition) is 3. The van der Waals surface area contributed by atoms with Gasteiger partial charge in [-0.05, 0) is 6.07 Å². The first-order valence-electron chi connectivity index (χ1n) is 5.81. The van der Waals surface area contributed by atoms with Crippen LogP contribution in [0.25, 0.3) is 0 Å². The molecule has 0 spiro atoms. The number of nitrogens with zero attached hydrogens (tertiary/aromatic N) is 3. The van der Waals surface area contributed by atoms with Crippen LogP contribution < -0.4 is 11.1 Å². The van der Waals surface area contributed by atoms with Crippen LogP contribution in [0.3, 0.4) is 0 Å². The second-order valence-electron chi connectivity index (χ2n) is 4.16. The summed E-state index contributed by atoms with van der Waals surface area (Å²) in [4.78, 5) is 12.2. The number of rotatable bonds is 5. The van der Waals surface area contributed by atoms with Crippen LogP contribution in [-0.4, -0.2) is 39.6 Å². The van der Waals surface area contributed by atoms with Crippen molar-refractivity contribution in [2.24, 2.45) is 7.05 Å². The van der Waals surface area contributed by atoms with E-state index in [9.17, 15) is 4.79 Å². The molecule has 8 nitrogen and oxygen atoms in total. The van der Waals surface area contributed by atoms with E-state index < -0.39 is 5.91 Å². The summed E-state index contributed by atoms with van der Waals surface area (Å²) < 4.78 is 6.78. The van der Waals surface area contributed by atoms with Gasteiger partial charge in [-0.15, -0.1) is 0 Å². The van der Waals surface area contributed by atoms with Gasteiger partial charge in [0, 0.05) is 20.4 Å². The number of nitrogens with one attached hydrogen (secondary N) is 2. The van der Waals surface area contributed by atoms with Crippen molar-refractivity contribution in [3.63, 3.8) is 0 Å². The Hall–Kier alpha value is -2.06. The lowest BCUT2D eigenvalue weighted by atomic mass is 10.2. The average Bonchev–Trinajstić information content (AvgIpc) is 2.97. The Balaban J connectivity index is 2.19. The van der Waals surface area contributed by atoms with Crippen LogP contribution >= 0.6 is 11.6 Å². The van der Waals surface area contributed by atoms with Crippen molar-refractivity contribution in [1.82, 2.24) is 25.3 Å². The van der Waals surface area contributed by atoms with E-state index >= 15 is 0 Å². The number of nitrogens with two attached hydrogens (primary N) is 1. The second kappa shape index (κ2) is 5.93. The number of carbonyl (C=O) groups excluding carboxylic acids is 1. The van der Waals surface area contributed by atoms with Gasteiger partial charge in [0.2, 0.25) is 0 Å². The van der Waals surface area contributed by atoms with Gasteiger partial charge in [-0.3, -0.25) is 14.6 Å². The lowest BCUT2D eigenvalue weighted by Crippen LogP contribution is -2.33. The number of halogens is 1. The van der Waals surface area contributed by atoms with Gasteiger partial charge >= 0.3 is 0 Å². The fraction of sp³-hybridized carbons (Fsp3) is 0.364. The molecule has 2 aromatic rings. The van der Waals surface area contributed by atoms with Crippen molar-refractivity contribution in [2.45, 2.75) is 6.04 Å². The Morgan fingerprint density at radius 1 is 1.70 bits per heavy atom. The van der Waals surface area contributed by atoms with Crippen LogP contribution in [0.1, 0.15) is 22.2 Å². The quantitative estimate of drug-likeness (QED) is 0.744. The first kappa shape index (κ1) is 14.4. The molecule has 0 aromatic carbocycles. The molecule has 1 amide bonds. The molecule has 0 aliphatic carbocycles. The van der Waals surface area contributed by atoms with Crippen LogP contribution in [0.2, 0.25) is 5.02 Å². The number of anilines is 1. The third kappa shape index (κ3) is 2.75. The average molecular weight is 299 g/mol. The van der Waals surface area contributed by atoms with E-state index in [1.54, 1.807) is 31.1 Å². The van der Waals surface area contributed by atoms with E-state index in [-0.39, 0.29) is 22.6 Å². The highest BCUT2D eigenvalue weighted by molar-refractivity contribution is 6.35. The molecule has 0 saturated heterocycles. The normalized spacial score (nSPS) is 12.3. The molecule has 4 N–H and O–H groups in total. The van der Waals surface area contributed by atoms with Crippen LogP contribution in [0.4, 0.5) is 5.82 Å². The number of aromatic nitrogens is 4. The van der Waals surface area contributed by atoms with Crippen molar-refractivity contribution in [3.05, 3.63) is 28.7 Å². The standard InChI is InChI=1S/C11H15ClN6O2/c1-18-7(3-4-14-18)6(5-20-2)15-11(19)9-8(12)10(13)17-16-9/h3-4,6H,5H2,1-2H3,(H,15,19)(H3,13,16,17)/t6-/m0/s1. The highest BCUT2D eigenvalue weighted by Crippen LogP contribution is 2.21. The molecular formula is C11H15ClN6O2. The number of aryl methyl sites for hydroxylation is 1. The van der Waals surface area contributed by atoms with Crippen molar-refractivity contribution in [2.75, 3.05) is 19.5 Å². The molecule has 0 aliphatic rings. The van der Waals surface area contributed by atoms with E-state index in [4.69, 9.17) is 22.1 Å². The van der Waals surface area contributed by atoms with Gasteiger partial charge in [-0.25, -0.2) is 0 Å². The molecule has 0 bridgehead atoms. The number of nitrogen functional groups attached to an aromatic ring is 1. The summed E-state index contributed by atoms with van der Waals surface area (Å²) in [5.74, 6) is -0.330.